The van der Waals surface area contributed by atoms with Crippen LogP contribution in [0, 0.1) is 5.92 Å². The Labute approximate surface area is 70.2 Å². The lowest BCUT2D eigenvalue weighted by Gasteiger charge is -2.38. The fourth-order valence-corrected chi connectivity index (χ4v) is 1.23. The van der Waals surface area contributed by atoms with E-state index >= 15 is 0 Å². The van der Waals surface area contributed by atoms with Gasteiger partial charge in [0, 0.05) is 5.92 Å². The highest BCUT2D eigenvalue weighted by Crippen LogP contribution is 2.23. The van der Waals surface area contributed by atoms with Crippen LogP contribution in [0.15, 0.2) is 0 Å². The number of rotatable bonds is 1. The highest BCUT2D eigenvalue weighted by atomic mass is 16.6. The van der Waals surface area contributed by atoms with Crippen molar-refractivity contribution in [3.63, 3.8) is 0 Å². The van der Waals surface area contributed by atoms with Crippen molar-refractivity contribution in [3.05, 3.63) is 0 Å². The molecule has 0 aromatic carbocycles. The number of hydrogen-bond donors (Lipinski definition) is 4. The molecule has 0 radical (unpaired) electrons. The van der Waals surface area contributed by atoms with Gasteiger partial charge in [-0.15, -0.1) is 0 Å². The van der Waals surface area contributed by atoms with Gasteiger partial charge in [-0.2, -0.15) is 0 Å². The van der Waals surface area contributed by atoms with E-state index in [4.69, 9.17) is 14.9 Å². The van der Waals surface area contributed by atoms with Crippen LogP contribution in [0.4, 0.5) is 0 Å². The summed E-state index contributed by atoms with van der Waals surface area (Å²) in [5.41, 5.74) is 0. The molecule has 1 rings (SSSR count). The molecule has 0 saturated carbocycles. The molecule has 1 aliphatic rings. The minimum Gasteiger partial charge on any atom is -0.394 e. The molecule has 0 aromatic heterocycles. The van der Waals surface area contributed by atoms with Crippen LogP contribution < -0.4 is 0 Å². The molecule has 4 N–H and O–H groups in total. The molecule has 12 heavy (non-hydrogen) atoms. The van der Waals surface area contributed by atoms with Crippen LogP contribution in [0.3, 0.4) is 0 Å². The minimum absolute atomic E-state index is 0.415. The standard InChI is InChI=1S/C7H14O5/c1-3-5(9)6(10)4(2-8)12-7(3)11/h3-11H,2H2,1H3/t3?,4-,5-,6?,7?/m1/s1. The van der Waals surface area contributed by atoms with Crippen molar-refractivity contribution in [2.45, 2.75) is 31.5 Å². The Morgan fingerprint density at radius 2 is 1.75 bits per heavy atom. The highest BCUT2D eigenvalue weighted by molar-refractivity contribution is 4.86. The molecule has 5 nitrogen and oxygen atoms in total. The van der Waals surface area contributed by atoms with Crippen molar-refractivity contribution in [2.75, 3.05) is 6.61 Å². The summed E-state index contributed by atoms with van der Waals surface area (Å²) in [5.74, 6) is -0.539. The molecular weight excluding hydrogens is 164 g/mol. The Morgan fingerprint density at radius 1 is 1.17 bits per heavy atom. The average molecular weight is 178 g/mol. The third-order valence-electron chi connectivity index (χ3n) is 2.21. The zero-order valence-electron chi connectivity index (χ0n) is 6.79. The summed E-state index contributed by atoms with van der Waals surface area (Å²) in [4.78, 5) is 0. The fourth-order valence-electron chi connectivity index (χ4n) is 1.23. The van der Waals surface area contributed by atoms with Gasteiger partial charge >= 0.3 is 0 Å². The van der Waals surface area contributed by atoms with Crippen molar-refractivity contribution in [1.29, 1.82) is 0 Å². The Hall–Kier alpha value is -0.200. The van der Waals surface area contributed by atoms with Crippen molar-refractivity contribution in [1.82, 2.24) is 0 Å². The number of aliphatic hydroxyl groups is 4. The van der Waals surface area contributed by atoms with E-state index in [1.54, 1.807) is 6.92 Å². The van der Waals surface area contributed by atoms with Crippen LogP contribution in [0.2, 0.25) is 0 Å². The summed E-state index contributed by atoms with van der Waals surface area (Å²) in [5, 5.41) is 36.4. The predicted molar refractivity (Wildman–Crippen MR) is 39.1 cm³/mol. The predicted octanol–water partition coefficient (Wildman–Crippen LogP) is -1.95. The summed E-state index contributed by atoms with van der Waals surface area (Å²) in [6, 6.07) is 0. The first-order valence-corrected chi connectivity index (χ1v) is 3.88. The Bertz CT molecular complexity index is 146. The van der Waals surface area contributed by atoms with E-state index in [0.29, 0.717) is 0 Å². The van der Waals surface area contributed by atoms with E-state index in [-0.39, 0.29) is 0 Å². The van der Waals surface area contributed by atoms with Crippen LogP contribution in [0.5, 0.6) is 0 Å². The molecule has 5 heteroatoms. The molecular formula is C7H14O5. The Morgan fingerprint density at radius 3 is 2.25 bits per heavy atom. The molecule has 1 aliphatic heterocycles. The third-order valence-corrected chi connectivity index (χ3v) is 2.21. The lowest BCUT2D eigenvalue weighted by molar-refractivity contribution is -0.266. The second-order valence-corrected chi connectivity index (χ2v) is 3.09. The van der Waals surface area contributed by atoms with Crippen molar-refractivity contribution >= 4 is 0 Å². The number of ether oxygens (including phenoxy) is 1. The largest absolute Gasteiger partial charge is 0.394 e. The minimum atomic E-state index is -1.13. The summed E-state index contributed by atoms with van der Waals surface area (Å²) in [7, 11) is 0. The molecule has 5 atom stereocenters. The molecule has 0 spiro atoms. The van der Waals surface area contributed by atoms with Crippen molar-refractivity contribution < 1.29 is 25.2 Å². The van der Waals surface area contributed by atoms with E-state index in [2.05, 4.69) is 0 Å². The first kappa shape index (κ1) is 9.88. The summed E-state index contributed by atoms with van der Waals surface area (Å²) < 4.78 is 4.83. The van der Waals surface area contributed by atoms with Gasteiger partial charge in [-0.25, -0.2) is 0 Å². The summed E-state index contributed by atoms with van der Waals surface area (Å²) >= 11 is 0. The molecule has 0 bridgehead atoms. The van der Waals surface area contributed by atoms with E-state index in [9.17, 15) is 10.2 Å². The molecule has 1 saturated heterocycles. The average Bonchev–Trinajstić information content (AvgIpc) is 2.08. The Kier molecular flexibility index (Phi) is 3.03. The summed E-state index contributed by atoms with van der Waals surface area (Å²) in [6.45, 7) is 1.15. The molecule has 0 aromatic rings. The number of aliphatic hydroxyl groups excluding tert-OH is 4. The zero-order valence-corrected chi connectivity index (χ0v) is 6.79. The van der Waals surface area contributed by atoms with Gasteiger partial charge in [0.05, 0.1) is 12.7 Å². The highest BCUT2D eigenvalue weighted by Gasteiger charge is 2.40. The van der Waals surface area contributed by atoms with E-state index in [0.717, 1.165) is 0 Å². The van der Waals surface area contributed by atoms with Gasteiger partial charge in [0.1, 0.15) is 12.2 Å². The second kappa shape index (κ2) is 3.68. The van der Waals surface area contributed by atoms with Crippen LogP contribution in [-0.4, -0.2) is 51.6 Å². The summed E-state index contributed by atoms with van der Waals surface area (Å²) in [6.07, 6.45) is -4.20. The van der Waals surface area contributed by atoms with E-state index in [1.165, 1.54) is 0 Å². The molecule has 1 heterocycles. The smallest absolute Gasteiger partial charge is 0.160 e. The van der Waals surface area contributed by atoms with Crippen LogP contribution in [0.25, 0.3) is 0 Å². The SMILES string of the molecule is CC1C(O)O[C@H](CO)C(O)[C@@H]1O. The van der Waals surface area contributed by atoms with Crippen LogP contribution >= 0.6 is 0 Å². The topological polar surface area (TPSA) is 90.2 Å². The van der Waals surface area contributed by atoms with E-state index in [1.807, 2.05) is 0 Å². The van der Waals surface area contributed by atoms with Gasteiger partial charge in [-0.1, -0.05) is 6.92 Å². The molecule has 0 amide bonds. The van der Waals surface area contributed by atoms with Gasteiger partial charge in [-0.3, -0.25) is 0 Å². The van der Waals surface area contributed by atoms with Crippen molar-refractivity contribution in [2.24, 2.45) is 5.92 Å². The molecule has 1 fully saturated rings. The lowest BCUT2D eigenvalue weighted by atomic mass is 9.93. The normalized spacial score (nSPS) is 49.2. The fraction of sp³-hybridized carbons (Fsp3) is 1.00. The first-order chi connectivity index (χ1) is 5.57. The lowest BCUT2D eigenvalue weighted by Crippen LogP contribution is -2.54. The maximum Gasteiger partial charge on any atom is 0.160 e. The first-order valence-electron chi connectivity index (χ1n) is 3.88. The quantitative estimate of drug-likeness (QED) is 0.375. The van der Waals surface area contributed by atoms with Crippen molar-refractivity contribution in [3.8, 4) is 0 Å². The third kappa shape index (κ3) is 1.60. The van der Waals surface area contributed by atoms with Gasteiger partial charge in [0.25, 0.3) is 0 Å². The number of hydrogen-bond acceptors (Lipinski definition) is 5. The maximum absolute atomic E-state index is 9.32. The second-order valence-electron chi connectivity index (χ2n) is 3.09. The molecule has 3 unspecified atom stereocenters. The maximum atomic E-state index is 9.32. The van der Waals surface area contributed by atoms with Gasteiger partial charge in [0.2, 0.25) is 0 Å². The van der Waals surface area contributed by atoms with Crippen LogP contribution in [0.1, 0.15) is 6.92 Å². The molecule has 72 valence electrons. The van der Waals surface area contributed by atoms with E-state index < -0.39 is 37.1 Å². The Balaban J connectivity index is 2.63. The van der Waals surface area contributed by atoms with Crippen LogP contribution in [-0.2, 0) is 4.74 Å². The van der Waals surface area contributed by atoms with Gasteiger partial charge in [-0.05, 0) is 0 Å². The monoisotopic (exact) mass is 178 g/mol. The van der Waals surface area contributed by atoms with Gasteiger partial charge in [0.15, 0.2) is 6.29 Å². The van der Waals surface area contributed by atoms with Gasteiger partial charge < -0.3 is 25.2 Å². The zero-order chi connectivity index (χ0) is 9.30. The molecule has 0 aliphatic carbocycles.